The van der Waals surface area contributed by atoms with Crippen molar-refractivity contribution in [3.8, 4) is 0 Å². The van der Waals surface area contributed by atoms with E-state index >= 15 is 0 Å². The van der Waals surface area contributed by atoms with Crippen LogP contribution in [0, 0.1) is 5.41 Å². The monoisotopic (exact) mass is 246 g/mol. The van der Waals surface area contributed by atoms with Gasteiger partial charge in [0.1, 0.15) is 0 Å². The maximum absolute atomic E-state index is 6.09. The van der Waals surface area contributed by atoms with E-state index in [1.54, 1.807) is 0 Å². The zero-order valence-corrected chi connectivity index (χ0v) is 11.9. The van der Waals surface area contributed by atoms with Gasteiger partial charge in [-0.1, -0.05) is 32.0 Å². The third-order valence-electron chi connectivity index (χ3n) is 4.11. The van der Waals surface area contributed by atoms with Crippen molar-refractivity contribution < 1.29 is 0 Å². The summed E-state index contributed by atoms with van der Waals surface area (Å²) in [5, 5.41) is 0. The molecule has 1 aliphatic heterocycles. The van der Waals surface area contributed by atoms with E-state index in [0.29, 0.717) is 5.41 Å². The molecule has 1 aliphatic rings. The second kappa shape index (κ2) is 5.31. The lowest BCUT2D eigenvalue weighted by molar-refractivity contribution is 0.325. The van der Waals surface area contributed by atoms with Gasteiger partial charge in [-0.15, -0.1) is 0 Å². The Hall–Kier alpha value is -1.02. The Morgan fingerprint density at radius 2 is 1.89 bits per heavy atom. The van der Waals surface area contributed by atoms with Crippen molar-refractivity contribution in [2.75, 3.05) is 18.0 Å². The molecule has 2 heteroatoms. The molecule has 0 spiro atoms. The normalized spacial score (nSPS) is 21.4. The van der Waals surface area contributed by atoms with Crippen LogP contribution in [0.25, 0.3) is 0 Å². The van der Waals surface area contributed by atoms with Crippen molar-refractivity contribution in [3.05, 3.63) is 29.8 Å². The average molecular weight is 246 g/mol. The molecule has 0 amide bonds. The lowest BCUT2D eigenvalue weighted by atomic mass is 9.85. The Bertz CT molecular complexity index is 396. The lowest BCUT2D eigenvalue weighted by Crippen LogP contribution is -2.27. The Morgan fingerprint density at radius 3 is 2.61 bits per heavy atom. The Morgan fingerprint density at radius 1 is 1.17 bits per heavy atom. The first kappa shape index (κ1) is 13.4. The van der Waals surface area contributed by atoms with Gasteiger partial charge in [-0.3, -0.25) is 0 Å². The fourth-order valence-electron chi connectivity index (χ4n) is 2.82. The second-order valence-corrected chi connectivity index (χ2v) is 6.35. The van der Waals surface area contributed by atoms with Crippen LogP contribution in [0.3, 0.4) is 0 Å². The number of para-hydroxylation sites is 1. The van der Waals surface area contributed by atoms with Gasteiger partial charge in [0, 0.05) is 24.8 Å². The predicted molar refractivity (Wildman–Crippen MR) is 78.9 cm³/mol. The summed E-state index contributed by atoms with van der Waals surface area (Å²) in [7, 11) is 0. The number of anilines is 1. The molecular formula is C16H26N2. The first-order valence-electron chi connectivity index (χ1n) is 7.09. The van der Waals surface area contributed by atoms with Crippen LogP contribution in [-0.2, 0) is 0 Å². The Labute approximate surface area is 111 Å². The van der Waals surface area contributed by atoms with Crippen LogP contribution in [0.2, 0.25) is 0 Å². The molecular weight excluding hydrogens is 220 g/mol. The van der Waals surface area contributed by atoms with E-state index in [1.807, 2.05) is 0 Å². The van der Waals surface area contributed by atoms with Crippen molar-refractivity contribution in [3.63, 3.8) is 0 Å². The maximum atomic E-state index is 6.09. The number of nitrogens with zero attached hydrogens (tertiary/aromatic N) is 1. The molecule has 0 unspecified atom stereocenters. The third kappa shape index (κ3) is 3.05. The maximum Gasteiger partial charge on any atom is 0.0414 e. The van der Waals surface area contributed by atoms with Crippen molar-refractivity contribution in [2.24, 2.45) is 11.1 Å². The summed E-state index contributed by atoms with van der Waals surface area (Å²) < 4.78 is 0. The predicted octanol–water partition coefficient (Wildman–Crippen LogP) is 3.72. The fourth-order valence-corrected chi connectivity index (χ4v) is 2.82. The largest absolute Gasteiger partial charge is 0.371 e. The van der Waals surface area contributed by atoms with E-state index < -0.39 is 0 Å². The number of hydrogen-bond acceptors (Lipinski definition) is 2. The molecule has 0 aliphatic carbocycles. The Balaban J connectivity index is 2.21. The summed E-state index contributed by atoms with van der Waals surface area (Å²) in [6.45, 7) is 9.15. The third-order valence-corrected chi connectivity index (χ3v) is 4.11. The minimum Gasteiger partial charge on any atom is -0.371 e. The molecule has 1 saturated heterocycles. The van der Waals surface area contributed by atoms with Gasteiger partial charge in [0.2, 0.25) is 0 Å². The highest BCUT2D eigenvalue weighted by atomic mass is 15.1. The van der Waals surface area contributed by atoms with Crippen LogP contribution in [-0.4, -0.2) is 13.1 Å². The molecule has 0 radical (unpaired) electrons. The van der Waals surface area contributed by atoms with Crippen LogP contribution in [0.1, 0.15) is 51.6 Å². The molecule has 100 valence electrons. The molecule has 1 aromatic carbocycles. The first-order chi connectivity index (χ1) is 8.49. The summed E-state index contributed by atoms with van der Waals surface area (Å²) >= 11 is 0. The van der Waals surface area contributed by atoms with Crippen molar-refractivity contribution in [1.82, 2.24) is 0 Å². The summed E-state index contributed by atoms with van der Waals surface area (Å²) in [6, 6.07) is 8.70. The second-order valence-electron chi connectivity index (χ2n) is 6.35. The van der Waals surface area contributed by atoms with Gasteiger partial charge in [-0.05, 0) is 43.2 Å². The van der Waals surface area contributed by atoms with E-state index in [1.165, 1.54) is 30.5 Å². The van der Waals surface area contributed by atoms with Crippen LogP contribution in [0.15, 0.2) is 24.3 Å². The SMILES string of the molecule is C[C@H](N)c1ccccc1N1CCCC(C)(C)CC1. The van der Waals surface area contributed by atoms with Crippen molar-refractivity contribution >= 4 is 5.69 Å². The smallest absolute Gasteiger partial charge is 0.0414 e. The van der Waals surface area contributed by atoms with Crippen LogP contribution < -0.4 is 10.6 Å². The van der Waals surface area contributed by atoms with Gasteiger partial charge in [-0.2, -0.15) is 0 Å². The quantitative estimate of drug-likeness (QED) is 0.861. The molecule has 0 bridgehead atoms. The number of rotatable bonds is 2. The van der Waals surface area contributed by atoms with E-state index in [4.69, 9.17) is 5.73 Å². The summed E-state index contributed by atoms with van der Waals surface area (Å²) in [6.07, 6.45) is 3.87. The van der Waals surface area contributed by atoms with E-state index in [0.717, 1.165) is 13.1 Å². The van der Waals surface area contributed by atoms with Crippen LogP contribution >= 0.6 is 0 Å². The molecule has 2 rings (SSSR count). The molecule has 0 saturated carbocycles. The van der Waals surface area contributed by atoms with E-state index in [9.17, 15) is 0 Å². The standard InChI is InChI=1S/C16H26N2/c1-13(17)14-7-4-5-8-15(14)18-11-6-9-16(2,3)10-12-18/h4-5,7-8,13H,6,9-12,17H2,1-3H3/t13-/m0/s1. The molecule has 18 heavy (non-hydrogen) atoms. The fraction of sp³-hybridized carbons (Fsp3) is 0.625. The molecule has 0 aromatic heterocycles. The zero-order chi connectivity index (χ0) is 13.2. The molecule has 1 aromatic rings. The van der Waals surface area contributed by atoms with E-state index in [-0.39, 0.29) is 6.04 Å². The number of hydrogen-bond donors (Lipinski definition) is 1. The van der Waals surface area contributed by atoms with E-state index in [2.05, 4.69) is 49.9 Å². The van der Waals surface area contributed by atoms with Crippen LogP contribution in [0.5, 0.6) is 0 Å². The highest BCUT2D eigenvalue weighted by molar-refractivity contribution is 5.55. The average Bonchev–Trinajstić information content (AvgIpc) is 2.50. The molecule has 2 N–H and O–H groups in total. The van der Waals surface area contributed by atoms with Gasteiger partial charge < -0.3 is 10.6 Å². The zero-order valence-electron chi connectivity index (χ0n) is 11.9. The topological polar surface area (TPSA) is 29.3 Å². The highest BCUT2D eigenvalue weighted by Crippen LogP contribution is 2.33. The van der Waals surface area contributed by atoms with Crippen LogP contribution in [0.4, 0.5) is 5.69 Å². The molecule has 1 heterocycles. The minimum absolute atomic E-state index is 0.109. The summed E-state index contributed by atoms with van der Waals surface area (Å²) in [5.74, 6) is 0. The van der Waals surface area contributed by atoms with Gasteiger partial charge in [0.05, 0.1) is 0 Å². The van der Waals surface area contributed by atoms with Gasteiger partial charge in [0.15, 0.2) is 0 Å². The molecule has 2 nitrogen and oxygen atoms in total. The van der Waals surface area contributed by atoms with Gasteiger partial charge in [-0.25, -0.2) is 0 Å². The summed E-state index contributed by atoms with van der Waals surface area (Å²) in [4.78, 5) is 2.52. The summed E-state index contributed by atoms with van der Waals surface area (Å²) in [5.41, 5.74) is 9.18. The number of nitrogens with two attached hydrogens (primary N) is 1. The van der Waals surface area contributed by atoms with Crippen molar-refractivity contribution in [1.29, 1.82) is 0 Å². The lowest BCUT2D eigenvalue weighted by Gasteiger charge is -2.27. The molecule has 1 atom stereocenters. The first-order valence-corrected chi connectivity index (χ1v) is 7.09. The number of benzene rings is 1. The highest BCUT2D eigenvalue weighted by Gasteiger charge is 2.24. The van der Waals surface area contributed by atoms with Crippen molar-refractivity contribution in [2.45, 2.75) is 46.1 Å². The van der Waals surface area contributed by atoms with Gasteiger partial charge >= 0.3 is 0 Å². The Kier molecular flexibility index (Phi) is 3.96. The van der Waals surface area contributed by atoms with Gasteiger partial charge in [0.25, 0.3) is 0 Å². The minimum atomic E-state index is 0.109. The molecule has 1 fully saturated rings.